The number of carbonyl (C=O) groups is 1. The van der Waals surface area contributed by atoms with Crippen LogP contribution in [0.1, 0.15) is 10.4 Å². The van der Waals surface area contributed by atoms with Crippen LogP contribution in [0.15, 0.2) is 58.8 Å². The Labute approximate surface area is 137 Å². The molecule has 0 saturated carbocycles. The van der Waals surface area contributed by atoms with Crippen molar-refractivity contribution in [2.75, 3.05) is 6.54 Å². The molecule has 1 atom stereocenters. The van der Waals surface area contributed by atoms with Gasteiger partial charge in [0.25, 0.3) is 0 Å². The van der Waals surface area contributed by atoms with Crippen LogP contribution in [0.25, 0.3) is 16.9 Å². The lowest BCUT2D eigenvalue weighted by Gasteiger charge is -2.09. The zero-order valence-electron chi connectivity index (χ0n) is 12.6. The number of nitrogens with zero attached hydrogens (tertiary/aromatic N) is 4. The van der Waals surface area contributed by atoms with Crippen molar-refractivity contribution >= 4 is 23.9 Å². The predicted molar refractivity (Wildman–Crippen MR) is 90.6 cm³/mol. The lowest BCUT2D eigenvalue weighted by atomic mass is 10.0. The van der Waals surface area contributed by atoms with E-state index in [-0.39, 0.29) is 11.6 Å². The van der Waals surface area contributed by atoms with Gasteiger partial charge in [-0.3, -0.25) is 14.8 Å². The van der Waals surface area contributed by atoms with Gasteiger partial charge in [0.15, 0.2) is 5.78 Å². The Balaban J connectivity index is 1.62. The van der Waals surface area contributed by atoms with Crippen LogP contribution in [0, 0.1) is 5.82 Å². The largest absolute Gasteiger partial charge is 0.304 e. The highest BCUT2D eigenvalue weighted by Crippen LogP contribution is 2.21. The van der Waals surface area contributed by atoms with Crippen LogP contribution < -0.4 is 0 Å². The summed E-state index contributed by atoms with van der Waals surface area (Å²) < 4.78 is 14.9. The summed E-state index contributed by atoms with van der Waals surface area (Å²) in [5.41, 5.74) is 2.82. The third kappa shape index (κ3) is 2.62. The van der Waals surface area contributed by atoms with Crippen LogP contribution >= 0.6 is 0 Å². The maximum atomic E-state index is 13.3. The van der Waals surface area contributed by atoms with Gasteiger partial charge in [-0.25, -0.2) is 9.37 Å². The van der Waals surface area contributed by atoms with Crippen LogP contribution in [-0.2, 0) is 0 Å². The highest BCUT2D eigenvalue weighted by atomic mass is 19.1. The number of carbonyl (C=O) groups excluding carboxylic acids is 1. The molecule has 5 nitrogen and oxygen atoms in total. The molecule has 0 bridgehead atoms. The molecule has 1 aliphatic rings. The summed E-state index contributed by atoms with van der Waals surface area (Å²) in [6, 6.07) is 9.62. The predicted octanol–water partition coefficient (Wildman–Crippen LogP) is 2.85. The van der Waals surface area contributed by atoms with E-state index in [4.69, 9.17) is 0 Å². The van der Waals surface area contributed by atoms with Gasteiger partial charge < -0.3 is 4.40 Å². The molecule has 0 radical (unpaired) electrons. The van der Waals surface area contributed by atoms with E-state index in [9.17, 15) is 9.18 Å². The molecule has 1 aliphatic heterocycles. The van der Waals surface area contributed by atoms with Gasteiger partial charge in [0.1, 0.15) is 17.5 Å². The number of benzene rings is 1. The minimum atomic E-state index is -0.539. The Kier molecular flexibility index (Phi) is 3.49. The van der Waals surface area contributed by atoms with E-state index in [1.54, 1.807) is 41.2 Å². The maximum absolute atomic E-state index is 13.3. The van der Waals surface area contributed by atoms with Crippen LogP contribution in [0.4, 0.5) is 4.39 Å². The molecule has 3 heterocycles. The molecule has 0 spiro atoms. The van der Waals surface area contributed by atoms with Crippen molar-refractivity contribution in [3.63, 3.8) is 0 Å². The van der Waals surface area contributed by atoms with Gasteiger partial charge in [-0.1, -0.05) is 24.3 Å². The quantitative estimate of drug-likeness (QED) is 0.697. The molecule has 6 heteroatoms. The van der Waals surface area contributed by atoms with Crippen molar-refractivity contribution in [2.24, 2.45) is 9.98 Å². The van der Waals surface area contributed by atoms with Crippen molar-refractivity contribution in [3.8, 4) is 11.3 Å². The van der Waals surface area contributed by atoms with Gasteiger partial charge in [-0.05, 0) is 12.1 Å². The second-order valence-corrected chi connectivity index (χ2v) is 5.47. The SMILES string of the molecule is O=C(c1ccc(-c2cn3cc(F)ccc3n2)cc1)C1C=NCC=N1. The van der Waals surface area contributed by atoms with Crippen LogP contribution in [0.3, 0.4) is 0 Å². The number of hydrogen-bond acceptors (Lipinski definition) is 4. The van der Waals surface area contributed by atoms with Crippen LogP contribution in [-0.4, -0.2) is 40.2 Å². The van der Waals surface area contributed by atoms with Gasteiger partial charge in [-0.15, -0.1) is 0 Å². The summed E-state index contributed by atoms with van der Waals surface area (Å²) in [6.07, 6.45) is 6.36. The maximum Gasteiger partial charge on any atom is 0.192 e. The summed E-state index contributed by atoms with van der Waals surface area (Å²) in [7, 11) is 0. The number of aliphatic imine (C=N–C) groups is 2. The lowest BCUT2D eigenvalue weighted by Crippen LogP contribution is -2.23. The Hall–Kier alpha value is -3.15. The number of aromatic nitrogens is 2. The van der Waals surface area contributed by atoms with Crippen molar-refractivity contribution < 1.29 is 9.18 Å². The zero-order valence-corrected chi connectivity index (χ0v) is 12.6. The average molecular weight is 320 g/mol. The third-order valence-corrected chi connectivity index (χ3v) is 3.85. The summed E-state index contributed by atoms with van der Waals surface area (Å²) in [4.78, 5) is 25.0. The number of pyridine rings is 1. The van der Waals surface area contributed by atoms with Crippen LogP contribution in [0.5, 0.6) is 0 Å². The monoisotopic (exact) mass is 320 g/mol. The molecule has 0 saturated heterocycles. The number of halogens is 1. The summed E-state index contributed by atoms with van der Waals surface area (Å²) in [5, 5.41) is 0. The first-order chi connectivity index (χ1) is 11.7. The van der Waals surface area contributed by atoms with E-state index in [0.29, 0.717) is 17.8 Å². The normalized spacial score (nSPS) is 16.6. The molecule has 3 aromatic rings. The lowest BCUT2D eigenvalue weighted by molar-refractivity contribution is 0.0986. The van der Waals surface area contributed by atoms with E-state index in [2.05, 4.69) is 15.0 Å². The van der Waals surface area contributed by atoms with E-state index in [0.717, 1.165) is 11.3 Å². The number of hydrogen-bond donors (Lipinski definition) is 0. The number of fused-ring (bicyclic) bond motifs is 1. The van der Waals surface area contributed by atoms with Gasteiger partial charge in [0.2, 0.25) is 0 Å². The average Bonchev–Trinajstić information content (AvgIpc) is 3.05. The summed E-state index contributed by atoms with van der Waals surface area (Å²) >= 11 is 0. The molecule has 1 aromatic carbocycles. The molecule has 0 amide bonds. The third-order valence-electron chi connectivity index (χ3n) is 3.85. The molecular formula is C18H13FN4O. The minimum Gasteiger partial charge on any atom is -0.304 e. The van der Waals surface area contributed by atoms with Crippen molar-refractivity contribution in [1.29, 1.82) is 0 Å². The summed E-state index contributed by atoms with van der Waals surface area (Å²) in [6.45, 7) is 0.525. The Bertz CT molecular complexity index is 960. The molecule has 0 N–H and O–H groups in total. The molecule has 24 heavy (non-hydrogen) atoms. The molecule has 2 aromatic heterocycles. The van der Waals surface area contributed by atoms with Gasteiger partial charge >= 0.3 is 0 Å². The van der Waals surface area contributed by atoms with Crippen molar-refractivity contribution in [1.82, 2.24) is 9.38 Å². The smallest absolute Gasteiger partial charge is 0.192 e. The molecule has 0 aliphatic carbocycles. The van der Waals surface area contributed by atoms with E-state index in [1.165, 1.54) is 12.3 Å². The van der Waals surface area contributed by atoms with Gasteiger partial charge in [0, 0.05) is 35.9 Å². The fraction of sp³-hybridized carbons (Fsp3) is 0.111. The topological polar surface area (TPSA) is 59.1 Å². The van der Waals surface area contributed by atoms with Crippen LogP contribution in [0.2, 0.25) is 0 Å². The second kappa shape index (κ2) is 5.81. The molecule has 118 valence electrons. The zero-order chi connectivity index (χ0) is 16.5. The Morgan fingerprint density at radius 1 is 1.12 bits per heavy atom. The molecule has 4 rings (SSSR count). The highest BCUT2D eigenvalue weighted by Gasteiger charge is 2.18. The minimum absolute atomic E-state index is 0.0849. The molecular weight excluding hydrogens is 307 g/mol. The first-order valence-corrected chi connectivity index (χ1v) is 7.51. The fourth-order valence-corrected chi connectivity index (χ4v) is 2.62. The summed E-state index contributed by atoms with van der Waals surface area (Å²) in [5.74, 6) is -0.402. The second-order valence-electron chi connectivity index (χ2n) is 5.47. The number of Topliss-reactive ketones (excluding diaryl/α,β-unsaturated/α-hetero) is 1. The molecule has 0 fully saturated rings. The van der Waals surface area contributed by atoms with Gasteiger partial charge in [-0.2, -0.15) is 0 Å². The Morgan fingerprint density at radius 3 is 2.71 bits per heavy atom. The Morgan fingerprint density at radius 2 is 1.96 bits per heavy atom. The van der Waals surface area contributed by atoms with Crippen molar-refractivity contribution in [2.45, 2.75) is 6.04 Å². The van der Waals surface area contributed by atoms with E-state index >= 15 is 0 Å². The first kappa shape index (κ1) is 14.4. The van der Waals surface area contributed by atoms with Gasteiger partial charge in [0.05, 0.1) is 12.2 Å². The van der Waals surface area contributed by atoms with E-state index in [1.807, 2.05) is 12.1 Å². The van der Waals surface area contributed by atoms with E-state index < -0.39 is 6.04 Å². The standard InChI is InChI=1S/C18H13FN4O/c19-14-5-6-17-22-16(11-23(17)10-14)12-1-3-13(4-2-12)18(24)15-9-20-7-8-21-15/h1-6,8-11,15H,7H2. The number of ketones is 1. The number of imidazole rings is 1. The number of rotatable bonds is 3. The van der Waals surface area contributed by atoms with Crippen molar-refractivity contribution in [3.05, 3.63) is 60.2 Å². The first-order valence-electron chi connectivity index (χ1n) is 7.51. The fourth-order valence-electron chi connectivity index (χ4n) is 2.62. The molecule has 1 unspecified atom stereocenters. The highest BCUT2D eigenvalue weighted by molar-refractivity contribution is 6.11.